The number of alkyl halides is 3. The largest absolute Gasteiger partial charge is 0.416 e. The topological polar surface area (TPSA) is 90.0 Å². The fourth-order valence-corrected chi connectivity index (χ4v) is 4.18. The maximum atomic E-state index is 13.0. The summed E-state index contributed by atoms with van der Waals surface area (Å²) in [4.78, 5) is 4.38. The van der Waals surface area contributed by atoms with Crippen molar-refractivity contribution in [2.45, 2.75) is 37.5 Å². The number of aromatic nitrogens is 2. The first-order valence-corrected chi connectivity index (χ1v) is 9.96. The molecule has 3 N–H and O–H groups in total. The lowest BCUT2D eigenvalue weighted by molar-refractivity contribution is -0.137. The van der Waals surface area contributed by atoms with Crippen molar-refractivity contribution in [2.24, 2.45) is 0 Å². The lowest BCUT2D eigenvalue weighted by Crippen LogP contribution is -2.28. The third kappa shape index (κ3) is 3.83. The van der Waals surface area contributed by atoms with Gasteiger partial charge in [0.1, 0.15) is 5.82 Å². The standard InChI is InChI=1S/C18H19F3N4O2S/c1-3-25-16-10-12(18(19,20)21)4-9-15(16)23-17(25)11(2)24-28(26,27)14-7-5-13(22)6-8-14/h4-11,24H,3,22H2,1-2H3. The Morgan fingerprint density at radius 2 is 1.82 bits per heavy atom. The molecule has 0 fully saturated rings. The lowest BCUT2D eigenvalue weighted by atomic mass is 10.2. The first-order chi connectivity index (χ1) is 13.0. The van der Waals surface area contributed by atoms with Crippen molar-refractivity contribution >= 4 is 26.7 Å². The van der Waals surface area contributed by atoms with Crippen LogP contribution in [0.3, 0.4) is 0 Å². The number of nitrogens with two attached hydrogens (primary N) is 1. The van der Waals surface area contributed by atoms with E-state index in [1.807, 2.05) is 0 Å². The molecule has 2 aromatic carbocycles. The van der Waals surface area contributed by atoms with Gasteiger partial charge in [-0.05, 0) is 56.3 Å². The molecule has 3 aromatic rings. The Kier molecular flexibility index (Phi) is 5.11. The number of hydrogen-bond donors (Lipinski definition) is 2. The highest BCUT2D eigenvalue weighted by atomic mass is 32.2. The van der Waals surface area contributed by atoms with Gasteiger partial charge >= 0.3 is 6.18 Å². The smallest absolute Gasteiger partial charge is 0.399 e. The summed E-state index contributed by atoms with van der Waals surface area (Å²) in [6.45, 7) is 3.68. The number of rotatable bonds is 5. The summed E-state index contributed by atoms with van der Waals surface area (Å²) in [5.74, 6) is 0.329. The first kappa shape index (κ1) is 20.2. The third-order valence-corrected chi connectivity index (χ3v) is 5.89. The normalized spacial score (nSPS) is 13.8. The Hall–Kier alpha value is -2.59. The van der Waals surface area contributed by atoms with Gasteiger partial charge in [-0.2, -0.15) is 13.2 Å². The second-order valence-electron chi connectivity index (χ2n) is 6.33. The van der Waals surface area contributed by atoms with Crippen LogP contribution >= 0.6 is 0 Å². The minimum atomic E-state index is -4.47. The van der Waals surface area contributed by atoms with E-state index in [0.29, 0.717) is 29.1 Å². The molecule has 10 heteroatoms. The van der Waals surface area contributed by atoms with Crippen molar-refractivity contribution in [3.8, 4) is 0 Å². The maximum Gasteiger partial charge on any atom is 0.416 e. The zero-order chi connectivity index (χ0) is 20.7. The highest BCUT2D eigenvalue weighted by molar-refractivity contribution is 7.89. The quantitative estimate of drug-likeness (QED) is 0.626. The highest BCUT2D eigenvalue weighted by Gasteiger charge is 2.31. The van der Waals surface area contributed by atoms with Crippen LogP contribution in [0.5, 0.6) is 0 Å². The monoisotopic (exact) mass is 412 g/mol. The summed E-state index contributed by atoms with van der Waals surface area (Å²) >= 11 is 0. The SMILES string of the molecule is CCn1c(C(C)NS(=O)(=O)c2ccc(N)cc2)nc2ccc(C(F)(F)F)cc21. The van der Waals surface area contributed by atoms with Crippen molar-refractivity contribution in [2.75, 3.05) is 5.73 Å². The molecule has 0 radical (unpaired) electrons. The second kappa shape index (κ2) is 7.10. The Morgan fingerprint density at radius 1 is 1.18 bits per heavy atom. The first-order valence-electron chi connectivity index (χ1n) is 8.48. The van der Waals surface area contributed by atoms with Crippen molar-refractivity contribution in [3.63, 3.8) is 0 Å². The van der Waals surface area contributed by atoms with Gasteiger partial charge in [-0.15, -0.1) is 0 Å². The van der Waals surface area contributed by atoms with Crippen molar-refractivity contribution in [1.29, 1.82) is 0 Å². The van der Waals surface area contributed by atoms with Gasteiger partial charge < -0.3 is 10.3 Å². The van der Waals surface area contributed by atoms with E-state index < -0.39 is 27.8 Å². The molecule has 0 aliphatic rings. The summed E-state index contributed by atoms with van der Waals surface area (Å²) in [5, 5.41) is 0. The molecule has 1 atom stereocenters. The summed E-state index contributed by atoms with van der Waals surface area (Å²) in [7, 11) is -3.86. The van der Waals surface area contributed by atoms with Crippen molar-refractivity contribution < 1.29 is 21.6 Å². The van der Waals surface area contributed by atoms with E-state index >= 15 is 0 Å². The molecule has 1 unspecified atom stereocenters. The van der Waals surface area contributed by atoms with Gasteiger partial charge in [-0.1, -0.05) is 0 Å². The van der Waals surface area contributed by atoms with E-state index in [0.717, 1.165) is 12.1 Å². The third-order valence-electron chi connectivity index (χ3n) is 4.33. The van der Waals surface area contributed by atoms with Crippen molar-refractivity contribution in [1.82, 2.24) is 14.3 Å². The van der Waals surface area contributed by atoms with Crippen LogP contribution < -0.4 is 10.5 Å². The fourth-order valence-electron chi connectivity index (χ4n) is 2.98. The minimum Gasteiger partial charge on any atom is -0.399 e. The van der Waals surface area contributed by atoms with Gasteiger partial charge in [0, 0.05) is 12.2 Å². The molecule has 1 aromatic heterocycles. The molecular weight excluding hydrogens is 393 g/mol. The van der Waals surface area contributed by atoms with Crippen LogP contribution in [0.1, 0.15) is 31.3 Å². The summed E-state index contributed by atoms with van der Waals surface area (Å²) < 4.78 is 68.3. The number of halogens is 3. The number of nitrogen functional groups attached to an aromatic ring is 1. The van der Waals surface area contributed by atoms with Gasteiger partial charge in [0.05, 0.1) is 27.5 Å². The molecule has 0 aliphatic carbocycles. The molecule has 0 saturated carbocycles. The molecule has 150 valence electrons. The Labute approximate surface area is 160 Å². The zero-order valence-corrected chi connectivity index (χ0v) is 16.0. The van der Waals surface area contributed by atoms with Crippen LogP contribution in [0.2, 0.25) is 0 Å². The fraction of sp³-hybridized carbons (Fsp3) is 0.278. The minimum absolute atomic E-state index is 0.0343. The number of imidazole rings is 1. The van der Waals surface area contributed by atoms with Crippen LogP contribution in [0.25, 0.3) is 11.0 Å². The summed E-state index contributed by atoms with van der Waals surface area (Å²) in [6.07, 6.45) is -4.47. The van der Waals surface area contributed by atoms with Gasteiger partial charge in [-0.25, -0.2) is 18.1 Å². The Balaban J connectivity index is 1.99. The van der Waals surface area contributed by atoms with Crippen LogP contribution in [-0.2, 0) is 22.7 Å². The van der Waals surface area contributed by atoms with Crippen LogP contribution in [-0.4, -0.2) is 18.0 Å². The molecule has 0 spiro atoms. The van der Waals surface area contributed by atoms with E-state index in [4.69, 9.17) is 5.73 Å². The molecule has 0 aliphatic heterocycles. The number of nitrogens with zero attached hydrogens (tertiary/aromatic N) is 2. The maximum absolute atomic E-state index is 13.0. The molecule has 3 rings (SSSR count). The van der Waals surface area contributed by atoms with Crippen LogP contribution in [0, 0.1) is 0 Å². The number of sulfonamides is 1. The lowest BCUT2D eigenvalue weighted by Gasteiger charge is -2.16. The van der Waals surface area contributed by atoms with E-state index in [1.165, 1.54) is 30.3 Å². The van der Waals surface area contributed by atoms with E-state index in [1.54, 1.807) is 18.4 Å². The number of anilines is 1. The van der Waals surface area contributed by atoms with Gasteiger partial charge in [-0.3, -0.25) is 0 Å². The molecule has 0 saturated heterocycles. The van der Waals surface area contributed by atoms with E-state index in [2.05, 4.69) is 9.71 Å². The van der Waals surface area contributed by atoms with Gasteiger partial charge in [0.15, 0.2) is 0 Å². The molecule has 0 bridgehead atoms. The average Bonchev–Trinajstić information content (AvgIpc) is 2.99. The van der Waals surface area contributed by atoms with E-state index in [9.17, 15) is 21.6 Å². The molecule has 1 heterocycles. The summed E-state index contributed by atoms with van der Waals surface area (Å²) in [5.41, 5.74) is 5.89. The predicted octanol–water partition coefficient (Wildman–Crippen LogP) is 3.70. The number of aryl methyl sites for hydroxylation is 1. The van der Waals surface area contributed by atoms with E-state index in [-0.39, 0.29) is 4.90 Å². The molecule has 28 heavy (non-hydrogen) atoms. The highest BCUT2D eigenvalue weighted by Crippen LogP contribution is 2.32. The second-order valence-corrected chi connectivity index (χ2v) is 8.04. The molecule has 0 amide bonds. The van der Waals surface area contributed by atoms with Crippen molar-refractivity contribution in [3.05, 3.63) is 53.9 Å². The van der Waals surface area contributed by atoms with Crippen LogP contribution in [0.15, 0.2) is 47.4 Å². The summed E-state index contributed by atoms with van der Waals surface area (Å²) in [6, 6.07) is 8.21. The Bertz CT molecular complexity index is 1110. The van der Waals surface area contributed by atoms with Crippen LogP contribution in [0.4, 0.5) is 18.9 Å². The number of benzene rings is 2. The number of nitrogens with one attached hydrogen (secondary N) is 1. The number of fused-ring (bicyclic) bond motifs is 1. The average molecular weight is 412 g/mol. The predicted molar refractivity (Wildman–Crippen MR) is 100.0 cm³/mol. The molecular formula is C18H19F3N4O2S. The number of hydrogen-bond acceptors (Lipinski definition) is 4. The Morgan fingerprint density at radius 3 is 2.39 bits per heavy atom. The van der Waals surface area contributed by atoms with Gasteiger partial charge in [0.25, 0.3) is 0 Å². The molecule has 6 nitrogen and oxygen atoms in total. The van der Waals surface area contributed by atoms with Gasteiger partial charge in [0.2, 0.25) is 10.0 Å². The zero-order valence-electron chi connectivity index (χ0n) is 15.2.